The molecule has 1 heterocycles. The second-order valence-electron chi connectivity index (χ2n) is 5.89. The highest BCUT2D eigenvalue weighted by Gasteiger charge is 2.56. The molecule has 0 aromatic carbocycles. The quantitative estimate of drug-likeness (QED) is 0.271. The van der Waals surface area contributed by atoms with Crippen LogP contribution in [0.3, 0.4) is 0 Å². The number of rotatable bonds is 8. The van der Waals surface area contributed by atoms with E-state index in [4.69, 9.17) is 20.1 Å². The molecule has 0 aromatic rings. The van der Waals surface area contributed by atoms with Crippen molar-refractivity contribution < 1.29 is 49.4 Å². The monoisotopic (exact) mass is 346 g/mol. The Labute approximate surface area is 135 Å². The largest absolute Gasteiger partial charge is 0.505 e. The number of aliphatic hydroxyl groups excluding tert-OH is 3. The van der Waals surface area contributed by atoms with E-state index in [1.165, 1.54) is 0 Å². The molecule has 134 valence electrons. The lowest BCUT2D eigenvalue weighted by molar-refractivity contribution is -0.176. The van der Waals surface area contributed by atoms with Crippen LogP contribution < -0.4 is 0 Å². The number of hydrogen-bond acceptors (Lipinski definition) is 8. The Morgan fingerprint density at radius 3 is 2.38 bits per heavy atom. The smallest absolute Gasteiger partial charge is 0.378 e. The van der Waals surface area contributed by atoms with Crippen molar-refractivity contribution in [2.45, 2.75) is 31.5 Å². The fraction of sp³-hybridized carbons (Fsp3) is 0.643. The fourth-order valence-electron chi connectivity index (χ4n) is 2.85. The molecule has 10 heteroatoms. The first-order valence-corrected chi connectivity index (χ1v) is 7.25. The van der Waals surface area contributed by atoms with E-state index in [0.29, 0.717) is 6.42 Å². The summed E-state index contributed by atoms with van der Waals surface area (Å²) in [5, 5.41) is 45.9. The summed E-state index contributed by atoms with van der Waals surface area (Å²) in [6.45, 7) is -0.778. The van der Waals surface area contributed by atoms with Crippen molar-refractivity contribution in [3.05, 3.63) is 11.5 Å². The van der Waals surface area contributed by atoms with E-state index in [2.05, 4.69) is 4.74 Å². The van der Waals surface area contributed by atoms with E-state index in [0.717, 1.165) is 0 Å². The summed E-state index contributed by atoms with van der Waals surface area (Å²) in [4.78, 5) is 33.6. The van der Waals surface area contributed by atoms with Crippen LogP contribution in [0.5, 0.6) is 0 Å². The highest BCUT2D eigenvalue weighted by atomic mass is 16.6. The third-order valence-corrected chi connectivity index (χ3v) is 4.32. The Balaban J connectivity index is 1.85. The Kier molecular flexibility index (Phi) is 4.99. The number of esters is 1. The van der Waals surface area contributed by atoms with Crippen molar-refractivity contribution in [1.29, 1.82) is 0 Å². The zero-order chi connectivity index (χ0) is 18.1. The van der Waals surface area contributed by atoms with E-state index >= 15 is 0 Å². The maximum absolute atomic E-state index is 11.5. The van der Waals surface area contributed by atoms with Gasteiger partial charge in [-0.3, -0.25) is 9.59 Å². The van der Waals surface area contributed by atoms with E-state index in [1.54, 1.807) is 0 Å². The molecule has 24 heavy (non-hydrogen) atoms. The molecule has 0 saturated heterocycles. The van der Waals surface area contributed by atoms with Gasteiger partial charge in [-0.1, -0.05) is 0 Å². The topological polar surface area (TPSA) is 171 Å². The van der Waals surface area contributed by atoms with Gasteiger partial charge in [-0.2, -0.15) is 0 Å². The SMILES string of the molecule is O=C1O[C@H]([C@@H](O)CO)C(O)=C1OCCC1CC(C(=O)O)(C(=O)O)C1. The number of carboxylic acids is 2. The van der Waals surface area contributed by atoms with Crippen LogP contribution >= 0.6 is 0 Å². The number of cyclic esters (lactones) is 1. The van der Waals surface area contributed by atoms with Gasteiger partial charge in [0.05, 0.1) is 13.2 Å². The Morgan fingerprint density at radius 2 is 1.88 bits per heavy atom. The van der Waals surface area contributed by atoms with Gasteiger partial charge in [0.1, 0.15) is 6.10 Å². The number of hydrogen-bond donors (Lipinski definition) is 5. The molecule has 1 aliphatic carbocycles. The second kappa shape index (κ2) is 6.65. The molecular weight excluding hydrogens is 328 g/mol. The summed E-state index contributed by atoms with van der Waals surface area (Å²) in [5.41, 5.74) is -1.77. The van der Waals surface area contributed by atoms with Gasteiger partial charge in [0.2, 0.25) is 5.76 Å². The lowest BCUT2D eigenvalue weighted by Crippen LogP contribution is -2.50. The Bertz CT molecular complexity index is 558. The minimum absolute atomic E-state index is 0.0393. The summed E-state index contributed by atoms with van der Waals surface area (Å²) in [6, 6.07) is 0. The maximum atomic E-state index is 11.5. The van der Waals surface area contributed by atoms with Crippen LogP contribution in [0.15, 0.2) is 11.5 Å². The zero-order valence-corrected chi connectivity index (χ0v) is 12.5. The molecular formula is C14H18O10. The third-order valence-electron chi connectivity index (χ3n) is 4.32. The second-order valence-corrected chi connectivity index (χ2v) is 5.89. The van der Waals surface area contributed by atoms with Gasteiger partial charge >= 0.3 is 17.9 Å². The minimum Gasteiger partial charge on any atom is -0.505 e. The molecule has 0 unspecified atom stereocenters. The van der Waals surface area contributed by atoms with Crippen LogP contribution in [0, 0.1) is 11.3 Å². The number of carbonyl (C=O) groups is 3. The average Bonchev–Trinajstić information content (AvgIpc) is 2.75. The first-order valence-electron chi connectivity index (χ1n) is 7.25. The van der Waals surface area contributed by atoms with E-state index in [9.17, 15) is 24.6 Å². The van der Waals surface area contributed by atoms with Crippen LogP contribution in [0.25, 0.3) is 0 Å². The van der Waals surface area contributed by atoms with Crippen LogP contribution in [0.2, 0.25) is 0 Å². The van der Waals surface area contributed by atoms with E-state index in [1.807, 2.05) is 0 Å². The van der Waals surface area contributed by atoms with Crippen molar-refractivity contribution in [2.75, 3.05) is 13.2 Å². The van der Waals surface area contributed by atoms with Gasteiger partial charge in [0.25, 0.3) is 0 Å². The van der Waals surface area contributed by atoms with Gasteiger partial charge in [0.15, 0.2) is 17.3 Å². The maximum Gasteiger partial charge on any atom is 0.378 e. The summed E-state index contributed by atoms with van der Waals surface area (Å²) in [6.07, 6.45) is -2.66. The normalized spacial score (nSPS) is 24.2. The number of aliphatic carboxylic acids is 2. The highest BCUT2D eigenvalue weighted by Crippen LogP contribution is 2.47. The molecule has 0 bridgehead atoms. The summed E-state index contributed by atoms with van der Waals surface area (Å²) in [5.74, 6) is -5.05. The summed E-state index contributed by atoms with van der Waals surface area (Å²) >= 11 is 0. The molecule has 0 radical (unpaired) electrons. The average molecular weight is 346 g/mol. The van der Waals surface area contributed by atoms with Crippen LogP contribution in [-0.4, -0.2) is 68.9 Å². The summed E-state index contributed by atoms with van der Waals surface area (Å²) < 4.78 is 9.79. The Hall–Kier alpha value is -2.33. The standard InChI is InChI=1S/C14H18O10/c15-5-7(16)9-8(17)10(11(18)24-9)23-2-1-6-3-14(4-6,12(19)20)13(21)22/h6-7,9,15-17H,1-5H2,(H,19,20)(H,21,22)/t7-,9+/m0/s1. The number of ether oxygens (including phenoxy) is 2. The minimum atomic E-state index is -1.77. The molecule has 1 saturated carbocycles. The van der Waals surface area contributed by atoms with Gasteiger partial charge in [-0.15, -0.1) is 0 Å². The predicted molar refractivity (Wildman–Crippen MR) is 73.6 cm³/mol. The molecule has 2 rings (SSSR count). The lowest BCUT2D eigenvalue weighted by atomic mass is 9.61. The Morgan fingerprint density at radius 1 is 1.29 bits per heavy atom. The van der Waals surface area contributed by atoms with Crippen molar-refractivity contribution in [3.8, 4) is 0 Å². The van der Waals surface area contributed by atoms with Gasteiger partial charge < -0.3 is 35.0 Å². The molecule has 5 N–H and O–H groups in total. The highest BCUT2D eigenvalue weighted by molar-refractivity contribution is 5.99. The number of carboxylic acid groups (broad SMARTS) is 2. The molecule has 0 spiro atoms. The zero-order valence-electron chi connectivity index (χ0n) is 12.5. The van der Waals surface area contributed by atoms with Gasteiger partial charge in [-0.05, 0) is 25.2 Å². The van der Waals surface area contributed by atoms with Crippen LogP contribution in [-0.2, 0) is 23.9 Å². The van der Waals surface area contributed by atoms with Crippen LogP contribution in [0.4, 0.5) is 0 Å². The van der Waals surface area contributed by atoms with Crippen molar-refractivity contribution in [2.24, 2.45) is 11.3 Å². The van der Waals surface area contributed by atoms with Crippen molar-refractivity contribution >= 4 is 17.9 Å². The molecule has 2 atom stereocenters. The first kappa shape index (κ1) is 18.0. The number of carbonyl (C=O) groups excluding carboxylic acids is 1. The number of aliphatic hydroxyl groups is 3. The molecule has 2 aliphatic rings. The molecule has 1 aliphatic heterocycles. The first-order chi connectivity index (χ1) is 11.2. The van der Waals surface area contributed by atoms with Crippen molar-refractivity contribution in [1.82, 2.24) is 0 Å². The molecule has 0 aromatic heterocycles. The van der Waals surface area contributed by atoms with E-state index < -0.39 is 53.7 Å². The van der Waals surface area contributed by atoms with Crippen molar-refractivity contribution in [3.63, 3.8) is 0 Å². The van der Waals surface area contributed by atoms with Gasteiger partial charge in [-0.25, -0.2) is 4.79 Å². The predicted octanol–water partition coefficient (Wildman–Crippen LogP) is -0.993. The fourth-order valence-corrected chi connectivity index (χ4v) is 2.85. The molecule has 0 amide bonds. The van der Waals surface area contributed by atoms with E-state index in [-0.39, 0.29) is 25.4 Å². The van der Waals surface area contributed by atoms with Gasteiger partial charge in [0, 0.05) is 0 Å². The van der Waals surface area contributed by atoms with Crippen LogP contribution in [0.1, 0.15) is 19.3 Å². The molecule has 1 fully saturated rings. The molecule has 10 nitrogen and oxygen atoms in total. The lowest BCUT2D eigenvalue weighted by Gasteiger charge is -2.40. The summed E-state index contributed by atoms with van der Waals surface area (Å²) in [7, 11) is 0. The third kappa shape index (κ3) is 3.02.